The molecule has 0 spiro atoms. The number of rotatable bonds is 6. The zero-order chi connectivity index (χ0) is 12.8. The first kappa shape index (κ1) is 15.8. The van der Waals surface area contributed by atoms with Crippen LogP contribution in [-0.4, -0.2) is 37.8 Å². The highest BCUT2D eigenvalue weighted by molar-refractivity contribution is 6.74. The van der Waals surface area contributed by atoms with Crippen molar-refractivity contribution in [2.45, 2.75) is 51.4 Å². The van der Waals surface area contributed by atoms with E-state index in [0.29, 0.717) is 13.0 Å². The molecule has 0 aliphatic carbocycles. The van der Waals surface area contributed by atoms with Gasteiger partial charge in [0.05, 0.1) is 19.3 Å². The zero-order valence-corrected chi connectivity index (χ0v) is 12.2. The third kappa shape index (κ3) is 5.79. The first-order valence-corrected chi connectivity index (χ1v) is 8.69. The summed E-state index contributed by atoms with van der Waals surface area (Å²) in [6.45, 7) is 11.4. The Hall–Kier alpha value is -0.163. The molecule has 0 saturated carbocycles. The fourth-order valence-electron chi connectivity index (χ4n) is 0.869. The second-order valence-electron chi connectivity index (χ2n) is 5.61. The monoisotopic (exact) mass is 246 g/mol. The van der Waals surface area contributed by atoms with Crippen LogP contribution in [-0.2, 0) is 4.43 Å². The van der Waals surface area contributed by atoms with E-state index in [1.54, 1.807) is 0 Å². The normalized spacial score (nSPS) is 15.7. The quantitative estimate of drug-likeness (QED) is 0.558. The summed E-state index contributed by atoms with van der Waals surface area (Å²) in [6, 6.07) is 0. The topological polar surface area (TPSA) is 49.7 Å². The second-order valence-corrected chi connectivity index (χ2v) is 10.4. The highest BCUT2D eigenvalue weighted by atomic mass is 28.4. The van der Waals surface area contributed by atoms with Crippen molar-refractivity contribution in [3.05, 3.63) is 12.2 Å². The summed E-state index contributed by atoms with van der Waals surface area (Å²) in [6.07, 6.45) is 3.61. The Morgan fingerprint density at radius 1 is 1.25 bits per heavy atom. The zero-order valence-electron chi connectivity index (χ0n) is 11.2. The molecule has 1 atom stereocenters. The molecule has 0 bridgehead atoms. The van der Waals surface area contributed by atoms with Crippen LogP contribution in [0.1, 0.15) is 27.2 Å². The van der Waals surface area contributed by atoms with Gasteiger partial charge in [-0.05, 0) is 24.6 Å². The van der Waals surface area contributed by atoms with Gasteiger partial charge in [-0.1, -0.05) is 32.9 Å². The van der Waals surface area contributed by atoms with Crippen molar-refractivity contribution in [1.82, 2.24) is 0 Å². The summed E-state index contributed by atoms with van der Waals surface area (Å²) >= 11 is 0. The minimum atomic E-state index is -1.65. The van der Waals surface area contributed by atoms with Crippen LogP contribution < -0.4 is 0 Å². The minimum absolute atomic E-state index is 0.187. The van der Waals surface area contributed by atoms with Gasteiger partial charge in [-0.2, -0.15) is 0 Å². The maximum Gasteiger partial charge on any atom is 0.192 e. The van der Waals surface area contributed by atoms with Gasteiger partial charge >= 0.3 is 0 Å². The number of aliphatic hydroxyl groups excluding tert-OH is 2. The first-order valence-electron chi connectivity index (χ1n) is 5.78. The van der Waals surface area contributed by atoms with Crippen molar-refractivity contribution >= 4 is 8.32 Å². The summed E-state index contributed by atoms with van der Waals surface area (Å²) in [5, 5.41) is 18.0. The summed E-state index contributed by atoms with van der Waals surface area (Å²) < 4.78 is 5.92. The van der Waals surface area contributed by atoms with E-state index in [4.69, 9.17) is 14.6 Å². The number of aliphatic hydroxyl groups is 2. The minimum Gasteiger partial charge on any atom is -0.413 e. The van der Waals surface area contributed by atoms with E-state index >= 15 is 0 Å². The lowest BCUT2D eigenvalue weighted by molar-refractivity contribution is 0.0975. The van der Waals surface area contributed by atoms with Crippen molar-refractivity contribution < 1.29 is 14.6 Å². The van der Waals surface area contributed by atoms with Crippen LogP contribution in [0.3, 0.4) is 0 Å². The third-order valence-corrected chi connectivity index (χ3v) is 7.63. The first-order chi connectivity index (χ1) is 7.20. The molecule has 0 aromatic carbocycles. The van der Waals surface area contributed by atoms with Crippen molar-refractivity contribution in [2.24, 2.45) is 0 Å². The van der Waals surface area contributed by atoms with Crippen LogP contribution >= 0.6 is 0 Å². The van der Waals surface area contributed by atoms with E-state index in [-0.39, 0.29) is 11.6 Å². The molecule has 3 nitrogen and oxygen atoms in total. The SMILES string of the molecule is CC(C)(C)[Si](C)(C)OC/C=C/C[C@@H](O)CO. The van der Waals surface area contributed by atoms with Crippen LogP contribution in [0.15, 0.2) is 12.2 Å². The van der Waals surface area contributed by atoms with Gasteiger partial charge in [0.1, 0.15) is 0 Å². The fourth-order valence-corrected chi connectivity index (χ4v) is 1.81. The standard InChI is InChI=1S/C12H26O3Si/c1-12(2,3)16(4,5)15-9-7-6-8-11(14)10-13/h6-7,11,13-14H,8-10H2,1-5H3/b7-6+/t11-/m1/s1. The number of hydrogen-bond donors (Lipinski definition) is 2. The molecule has 0 heterocycles. The average Bonchev–Trinajstić information content (AvgIpc) is 2.15. The van der Waals surface area contributed by atoms with E-state index < -0.39 is 14.4 Å². The van der Waals surface area contributed by atoms with Gasteiger partial charge in [0, 0.05) is 0 Å². The Bertz CT molecular complexity index is 219. The summed E-state index contributed by atoms with van der Waals surface area (Å²) in [5.74, 6) is 0. The molecule has 0 rings (SSSR count). The van der Waals surface area contributed by atoms with E-state index in [1.807, 2.05) is 12.2 Å². The third-order valence-electron chi connectivity index (χ3n) is 3.13. The van der Waals surface area contributed by atoms with Crippen LogP contribution in [0.2, 0.25) is 18.1 Å². The molecule has 96 valence electrons. The van der Waals surface area contributed by atoms with Crippen molar-refractivity contribution in [1.29, 1.82) is 0 Å². The molecule has 2 N–H and O–H groups in total. The Morgan fingerprint density at radius 3 is 2.25 bits per heavy atom. The lowest BCUT2D eigenvalue weighted by Gasteiger charge is -2.35. The molecule has 0 amide bonds. The molecular formula is C12H26O3Si. The Balaban J connectivity index is 3.90. The van der Waals surface area contributed by atoms with E-state index in [0.717, 1.165) is 0 Å². The van der Waals surface area contributed by atoms with Gasteiger partial charge in [-0.15, -0.1) is 0 Å². The van der Waals surface area contributed by atoms with Crippen LogP contribution in [0, 0.1) is 0 Å². The number of hydrogen-bond acceptors (Lipinski definition) is 3. The molecular weight excluding hydrogens is 220 g/mol. The van der Waals surface area contributed by atoms with Gasteiger partial charge in [0.15, 0.2) is 8.32 Å². The Morgan fingerprint density at radius 2 is 1.81 bits per heavy atom. The summed E-state index contributed by atoms with van der Waals surface area (Å²) in [7, 11) is -1.65. The predicted molar refractivity (Wildman–Crippen MR) is 70.0 cm³/mol. The molecule has 0 radical (unpaired) electrons. The van der Waals surface area contributed by atoms with Gasteiger partial charge < -0.3 is 14.6 Å². The second kappa shape index (κ2) is 6.54. The van der Waals surface area contributed by atoms with Crippen LogP contribution in [0.5, 0.6) is 0 Å². The molecule has 0 aliphatic rings. The molecule has 16 heavy (non-hydrogen) atoms. The Labute approximate surface area is 100 Å². The molecule has 0 fully saturated rings. The van der Waals surface area contributed by atoms with Crippen molar-refractivity contribution in [2.75, 3.05) is 13.2 Å². The highest BCUT2D eigenvalue weighted by Crippen LogP contribution is 2.36. The molecule has 0 saturated heterocycles. The fraction of sp³-hybridized carbons (Fsp3) is 0.833. The summed E-state index contributed by atoms with van der Waals surface area (Å²) in [4.78, 5) is 0. The Kier molecular flexibility index (Phi) is 6.48. The predicted octanol–water partition coefficient (Wildman–Crippen LogP) is 2.31. The molecule has 0 aromatic heterocycles. The largest absolute Gasteiger partial charge is 0.413 e. The lowest BCUT2D eigenvalue weighted by Crippen LogP contribution is -2.40. The van der Waals surface area contributed by atoms with E-state index in [1.165, 1.54) is 0 Å². The molecule has 0 aliphatic heterocycles. The highest BCUT2D eigenvalue weighted by Gasteiger charge is 2.36. The maximum atomic E-state index is 9.11. The molecule has 0 aromatic rings. The van der Waals surface area contributed by atoms with Crippen molar-refractivity contribution in [3.63, 3.8) is 0 Å². The summed E-state index contributed by atoms with van der Waals surface area (Å²) in [5.41, 5.74) is 0. The molecule has 4 heteroatoms. The lowest BCUT2D eigenvalue weighted by atomic mass is 10.2. The smallest absolute Gasteiger partial charge is 0.192 e. The average molecular weight is 246 g/mol. The van der Waals surface area contributed by atoms with Crippen LogP contribution in [0.4, 0.5) is 0 Å². The maximum absolute atomic E-state index is 9.11. The van der Waals surface area contributed by atoms with Gasteiger partial charge in [0.25, 0.3) is 0 Å². The molecule has 0 unspecified atom stereocenters. The van der Waals surface area contributed by atoms with Gasteiger partial charge in [-0.25, -0.2) is 0 Å². The van der Waals surface area contributed by atoms with Gasteiger partial charge in [-0.3, -0.25) is 0 Å². The van der Waals surface area contributed by atoms with E-state index in [2.05, 4.69) is 33.9 Å². The van der Waals surface area contributed by atoms with E-state index in [9.17, 15) is 0 Å². The van der Waals surface area contributed by atoms with Gasteiger partial charge in [0.2, 0.25) is 0 Å². The van der Waals surface area contributed by atoms with Crippen molar-refractivity contribution in [3.8, 4) is 0 Å². The van der Waals surface area contributed by atoms with Crippen LogP contribution in [0.25, 0.3) is 0 Å².